The predicted molar refractivity (Wildman–Crippen MR) is 65.3 cm³/mol. The van der Waals surface area contributed by atoms with Gasteiger partial charge in [-0.05, 0) is 37.5 Å². The molecule has 0 heterocycles. The molecule has 1 unspecified atom stereocenters. The van der Waals surface area contributed by atoms with Crippen LogP contribution in [0.3, 0.4) is 0 Å². The molecule has 0 saturated heterocycles. The van der Waals surface area contributed by atoms with Crippen molar-refractivity contribution in [2.45, 2.75) is 32.3 Å². The molecule has 2 heteroatoms. The molecule has 1 atom stereocenters. The van der Waals surface area contributed by atoms with Crippen LogP contribution in [0.15, 0.2) is 24.3 Å². The number of rotatable bonds is 6. The molecule has 1 aromatic carbocycles. The first kappa shape index (κ1) is 12.6. The third-order valence-corrected chi connectivity index (χ3v) is 2.35. The van der Waals surface area contributed by atoms with Gasteiger partial charge in [0.25, 0.3) is 0 Å². The lowest BCUT2D eigenvalue weighted by molar-refractivity contribution is 0.164. The summed E-state index contributed by atoms with van der Waals surface area (Å²) in [6.45, 7) is 2.58. The molecule has 0 aromatic heterocycles. The summed E-state index contributed by atoms with van der Waals surface area (Å²) in [7, 11) is 0. The SMILES string of the molecule is C#CCCCC(O)c1cccc(OCC)c1. The number of hydrogen-bond donors (Lipinski definition) is 1. The van der Waals surface area contributed by atoms with Gasteiger partial charge in [-0.1, -0.05) is 12.1 Å². The van der Waals surface area contributed by atoms with E-state index in [2.05, 4.69) is 5.92 Å². The van der Waals surface area contributed by atoms with Gasteiger partial charge in [0.2, 0.25) is 0 Å². The van der Waals surface area contributed by atoms with Gasteiger partial charge < -0.3 is 9.84 Å². The summed E-state index contributed by atoms with van der Waals surface area (Å²) >= 11 is 0. The van der Waals surface area contributed by atoms with Crippen LogP contribution in [0.4, 0.5) is 0 Å². The van der Waals surface area contributed by atoms with Crippen LogP contribution in [0.25, 0.3) is 0 Å². The number of aliphatic hydroxyl groups excluding tert-OH is 1. The lowest BCUT2D eigenvalue weighted by Gasteiger charge is -2.11. The highest BCUT2D eigenvalue weighted by Gasteiger charge is 2.07. The van der Waals surface area contributed by atoms with Crippen molar-refractivity contribution in [3.8, 4) is 18.1 Å². The van der Waals surface area contributed by atoms with Gasteiger partial charge in [0.15, 0.2) is 0 Å². The maximum atomic E-state index is 9.92. The fourth-order valence-corrected chi connectivity index (χ4v) is 1.54. The van der Waals surface area contributed by atoms with Crippen molar-refractivity contribution in [1.82, 2.24) is 0 Å². The van der Waals surface area contributed by atoms with E-state index in [1.165, 1.54) is 0 Å². The minimum atomic E-state index is -0.450. The number of aliphatic hydroxyl groups is 1. The van der Waals surface area contributed by atoms with E-state index in [0.29, 0.717) is 19.4 Å². The highest BCUT2D eigenvalue weighted by molar-refractivity contribution is 5.29. The second-order valence-corrected chi connectivity index (χ2v) is 3.62. The molecule has 1 aromatic rings. The summed E-state index contributed by atoms with van der Waals surface area (Å²) in [6, 6.07) is 7.57. The van der Waals surface area contributed by atoms with Crippen molar-refractivity contribution in [3.05, 3.63) is 29.8 Å². The Kier molecular flexibility index (Phi) is 5.45. The van der Waals surface area contributed by atoms with Crippen LogP contribution in [0.5, 0.6) is 5.75 Å². The van der Waals surface area contributed by atoms with Crippen molar-refractivity contribution in [2.75, 3.05) is 6.61 Å². The molecule has 0 radical (unpaired) electrons. The smallest absolute Gasteiger partial charge is 0.119 e. The van der Waals surface area contributed by atoms with Gasteiger partial charge in [0.05, 0.1) is 12.7 Å². The van der Waals surface area contributed by atoms with Crippen molar-refractivity contribution < 1.29 is 9.84 Å². The van der Waals surface area contributed by atoms with E-state index in [0.717, 1.165) is 17.7 Å². The third kappa shape index (κ3) is 3.96. The monoisotopic (exact) mass is 218 g/mol. The van der Waals surface area contributed by atoms with Crippen LogP contribution in [0, 0.1) is 12.3 Å². The average Bonchev–Trinajstić information content (AvgIpc) is 2.30. The van der Waals surface area contributed by atoms with Gasteiger partial charge in [-0.15, -0.1) is 12.3 Å². The lowest BCUT2D eigenvalue weighted by atomic mass is 10.0. The van der Waals surface area contributed by atoms with Gasteiger partial charge in [-0.25, -0.2) is 0 Å². The quantitative estimate of drug-likeness (QED) is 0.587. The van der Waals surface area contributed by atoms with Gasteiger partial charge in [0, 0.05) is 6.42 Å². The molecule has 0 amide bonds. The topological polar surface area (TPSA) is 29.5 Å². The second kappa shape index (κ2) is 6.92. The molecule has 1 rings (SSSR count). The molecule has 0 bridgehead atoms. The third-order valence-electron chi connectivity index (χ3n) is 2.35. The van der Waals surface area contributed by atoms with E-state index in [4.69, 9.17) is 11.2 Å². The Bertz CT molecular complexity index is 352. The zero-order chi connectivity index (χ0) is 11.8. The van der Waals surface area contributed by atoms with Crippen molar-refractivity contribution >= 4 is 0 Å². The molecule has 0 aliphatic heterocycles. The number of unbranched alkanes of at least 4 members (excludes halogenated alkanes) is 1. The Morgan fingerprint density at radius 1 is 1.50 bits per heavy atom. The van der Waals surface area contributed by atoms with Gasteiger partial charge in [-0.3, -0.25) is 0 Å². The molecule has 0 fully saturated rings. The molecule has 2 nitrogen and oxygen atoms in total. The van der Waals surface area contributed by atoms with Crippen LogP contribution in [-0.2, 0) is 0 Å². The Morgan fingerprint density at radius 2 is 2.31 bits per heavy atom. The molecule has 0 aliphatic carbocycles. The summed E-state index contributed by atoms with van der Waals surface area (Å²) in [5.41, 5.74) is 0.892. The summed E-state index contributed by atoms with van der Waals surface area (Å²) < 4.78 is 5.38. The number of terminal acetylenes is 1. The normalized spacial score (nSPS) is 11.8. The molecule has 86 valence electrons. The molecule has 0 aliphatic rings. The van der Waals surface area contributed by atoms with E-state index < -0.39 is 6.10 Å². The van der Waals surface area contributed by atoms with Gasteiger partial charge in [0.1, 0.15) is 5.75 Å². The number of hydrogen-bond acceptors (Lipinski definition) is 2. The predicted octanol–water partition coefficient (Wildman–Crippen LogP) is 2.92. The first-order valence-corrected chi connectivity index (χ1v) is 5.62. The van der Waals surface area contributed by atoms with Crippen LogP contribution in [0.1, 0.15) is 37.9 Å². The highest BCUT2D eigenvalue weighted by Crippen LogP contribution is 2.23. The van der Waals surface area contributed by atoms with Crippen LogP contribution in [-0.4, -0.2) is 11.7 Å². The van der Waals surface area contributed by atoms with Crippen LogP contribution in [0.2, 0.25) is 0 Å². The highest BCUT2D eigenvalue weighted by atomic mass is 16.5. The molecule has 0 saturated carbocycles. The maximum absolute atomic E-state index is 9.92. The molecule has 1 N–H and O–H groups in total. The van der Waals surface area contributed by atoms with E-state index in [1.54, 1.807) is 0 Å². The van der Waals surface area contributed by atoms with Crippen molar-refractivity contribution in [1.29, 1.82) is 0 Å². The van der Waals surface area contributed by atoms with Crippen LogP contribution < -0.4 is 4.74 Å². The maximum Gasteiger partial charge on any atom is 0.119 e. The second-order valence-electron chi connectivity index (χ2n) is 3.62. The first-order valence-electron chi connectivity index (χ1n) is 5.62. The molecular formula is C14H18O2. The van der Waals surface area contributed by atoms with Gasteiger partial charge in [-0.2, -0.15) is 0 Å². The lowest BCUT2D eigenvalue weighted by Crippen LogP contribution is -1.98. The Labute approximate surface area is 97.3 Å². The molecule has 16 heavy (non-hydrogen) atoms. The minimum absolute atomic E-state index is 0.450. The van der Waals surface area contributed by atoms with E-state index in [9.17, 15) is 5.11 Å². The van der Waals surface area contributed by atoms with Crippen LogP contribution >= 0.6 is 0 Å². The summed E-state index contributed by atoms with van der Waals surface area (Å²) in [5.74, 6) is 3.37. The molecule has 0 spiro atoms. The fourth-order valence-electron chi connectivity index (χ4n) is 1.54. The largest absolute Gasteiger partial charge is 0.494 e. The van der Waals surface area contributed by atoms with Gasteiger partial charge >= 0.3 is 0 Å². The van der Waals surface area contributed by atoms with Crippen molar-refractivity contribution in [2.24, 2.45) is 0 Å². The van der Waals surface area contributed by atoms with E-state index in [-0.39, 0.29) is 0 Å². The first-order chi connectivity index (χ1) is 7.77. The summed E-state index contributed by atoms with van der Waals surface area (Å²) in [5, 5.41) is 9.92. The summed E-state index contributed by atoms with van der Waals surface area (Å²) in [6.07, 6.45) is 6.96. The standard InChI is InChI=1S/C14H18O2/c1-3-5-6-10-14(15)12-8-7-9-13(11-12)16-4-2/h1,7-9,11,14-15H,4-6,10H2,2H3. The van der Waals surface area contributed by atoms with Crippen molar-refractivity contribution in [3.63, 3.8) is 0 Å². The number of ether oxygens (including phenoxy) is 1. The molecular weight excluding hydrogens is 200 g/mol. The zero-order valence-corrected chi connectivity index (χ0v) is 9.65. The van der Waals surface area contributed by atoms with E-state index >= 15 is 0 Å². The number of benzene rings is 1. The minimum Gasteiger partial charge on any atom is -0.494 e. The average molecular weight is 218 g/mol. The Hall–Kier alpha value is -1.46. The fraction of sp³-hybridized carbons (Fsp3) is 0.429. The Morgan fingerprint density at radius 3 is 3.00 bits per heavy atom. The van der Waals surface area contributed by atoms with E-state index in [1.807, 2.05) is 31.2 Å². The Balaban J connectivity index is 2.57. The zero-order valence-electron chi connectivity index (χ0n) is 9.65. The summed E-state index contributed by atoms with van der Waals surface area (Å²) in [4.78, 5) is 0.